The van der Waals surface area contributed by atoms with E-state index in [4.69, 9.17) is 0 Å². The summed E-state index contributed by atoms with van der Waals surface area (Å²) >= 11 is 0. The number of nitrogens with one attached hydrogen (secondary N) is 2. The van der Waals surface area contributed by atoms with Gasteiger partial charge in [-0.1, -0.05) is 13.8 Å². The lowest BCUT2D eigenvalue weighted by atomic mass is 10.1. The average Bonchev–Trinajstić information content (AvgIpc) is 2.10. The van der Waals surface area contributed by atoms with Crippen LogP contribution < -0.4 is 10.6 Å². The lowest BCUT2D eigenvalue weighted by molar-refractivity contribution is -0.128. The van der Waals surface area contributed by atoms with Crippen molar-refractivity contribution in [2.75, 3.05) is 19.6 Å². The van der Waals surface area contributed by atoms with E-state index in [-0.39, 0.29) is 6.54 Å². The van der Waals surface area contributed by atoms with Crippen LogP contribution in [0.5, 0.6) is 0 Å². The van der Waals surface area contributed by atoms with Crippen molar-refractivity contribution in [3.63, 3.8) is 0 Å². The smallest absolute Gasteiger partial charge is 0.355 e. The normalized spacial score (nSPS) is 11.9. The SMILES string of the molecule is CC(C)CCCNC(=O)CNCC(F)(F)F. The molecule has 0 spiro atoms. The van der Waals surface area contributed by atoms with Gasteiger partial charge in [0.25, 0.3) is 0 Å². The fourth-order valence-corrected chi connectivity index (χ4v) is 1.12. The largest absolute Gasteiger partial charge is 0.401 e. The van der Waals surface area contributed by atoms with E-state index in [2.05, 4.69) is 19.2 Å². The van der Waals surface area contributed by atoms with E-state index in [1.807, 2.05) is 5.32 Å². The molecular formula is C10H19F3N2O. The molecule has 6 heteroatoms. The highest BCUT2D eigenvalue weighted by molar-refractivity contribution is 5.77. The Morgan fingerprint density at radius 2 is 1.94 bits per heavy atom. The molecule has 0 aliphatic rings. The molecule has 0 aromatic rings. The zero-order chi connectivity index (χ0) is 12.6. The lowest BCUT2D eigenvalue weighted by Crippen LogP contribution is -2.38. The summed E-state index contributed by atoms with van der Waals surface area (Å²) in [6.45, 7) is 3.25. The lowest BCUT2D eigenvalue weighted by Gasteiger charge is -2.09. The Hall–Kier alpha value is -0.780. The highest BCUT2D eigenvalue weighted by Gasteiger charge is 2.26. The van der Waals surface area contributed by atoms with Crippen molar-refractivity contribution < 1.29 is 18.0 Å². The first-order chi connectivity index (χ1) is 7.31. The minimum absolute atomic E-state index is 0.290. The van der Waals surface area contributed by atoms with Crippen LogP contribution in [-0.4, -0.2) is 31.7 Å². The van der Waals surface area contributed by atoms with Gasteiger partial charge in [0.15, 0.2) is 0 Å². The van der Waals surface area contributed by atoms with Crippen LogP contribution in [0.15, 0.2) is 0 Å². The number of rotatable bonds is 7. The van der Waals surface area contributed by atoms with Gasteiger partial charge in [0.05, 0.1) is 13.1 Å². The van der Waals surface area contributed by atoms with Crippen LogP contribution in [0.2, 0.25) is 0 Å². The molecular weight excluding hydrogens is 221 g/mol. The molecule has 0 aromatic heterocycles. The van der Waals surface area contributed by atoms with Crippen molar-refractivity contribution >= 4 is 5.91 Å². The van der Waals surface area contributed by atoms with Gasteiger partial charge in [-0.15, -0.1) is 0 Å². The molecule has 0 unspecified atom stereocenters. The molecule has 0 saturated carbocycles. The van der Waals surface area contributed by atoms with Gasteiger partial charge in [-0.25, -0.2) is 0 Å². The summed E-state index contributed by atoms with van der Waals surface area (Å²) in [7, 11) is 0. The molecule has 96 valence electrons. The molecule has 3 nitrogen and oxygen atoms in total. The predicted molar refractivity (Wildman–Crippen MR) is 56.0 cm³/mol. The molecule has 0 fully saturated rings. The number of alkyl halides is 3. The van der Waals surface area contributed by atoms with Crippen molar-refractivity contribution in [2.45, 2.75) is 32.9 Å². The molecule has 0 aliphatic heterocycles. The molecule has 0 rings (SSSR count). The van der Waals surface area contributed by atoms with Crippen molar-refractivity contribution in [3.05, 3.63) is 0 Å². The van der Waals surface area contributed by atoms with Gasteiger partial charge >= 0.3 is 6.18 Å². The summed E-state index contributed by atoms with van der Waals surface area (Å²) in [5.74, 6) is 0.174. The van der Waals surface area contributed by atoms with Gasteiger partial charge in [-0.3, -0.25) is 4.79 Å². The second-order valence-electron chi connectivity index (χ2n) is 4.10. The van der Waals surface area contributed by atoms with Crippen LogP contribution in [0.1, 0.15) is 26.7 Å². The van der Waals surface area contributed by atoms with Crippen LogP contribution in [0.3, 0.4) is 0 Å². The first-order valence-corrected chi connectivity index (χ1v) is 5.35. The van der Waals surface area contributed by atoms with E-state index < -0.39 is 18.6 Å². The Balaban J connectivity index is 3.39. The Bertz CT molecular complexity index is 205. The highest BCUT2D eigenvalue weighted by atomic mass is 19.4. The maximum Gasteiger partial charge on any atom is 0.401 e. The molecule has 16 heavy (non-hydrogen) atoms. The van der Waals surface area contributed by atoms with Gasteiger partial charge in [0, 0.05) is 6.54 Å². The first-order valence-electron chi connectivity index (χ1n) is 5.35. The molecule has 0 aliphatic carbocycles. The van der Waals surface area contributed by atoms with Crippen molar-refractivity contribution in [2.24, 2.45) is 5.92 Å². The van der Waals surface area contributed by atoms with Gasteiger partial charge in [0.1, 0.15) is 0 Å². The second kappa shape index (κ2) is 7.49. The summed E-state index contributed by atoms with van der Waals surface area (Å²) in [5.41, 5.74) is 0. The number of carbonyl (C=O) groups is 1. The van der Waals surface area contributed by atoms with Gasteiger partial charge in [-0.2, -0.15) is 13.2 Å². The van der Waals surface area contributed by atoms with Gasteiger partial charge < -0.3 is 10.6 Å². The molecule has 0 radical (unpaired) electrons. The third-order valence-corrected chi connectivity index (χ3v) is 1.89. The van der Waals surface area contributed by atoms with Crippen LogP contribution in [-0.2, 0) is 4.79 Å². The number of halogens is 3. The van der Waals surface area contributed by atoms with Crippen molar-refractivity contribution in [1.82, 2.24) is 10.6 Å². The Morgan fingerprint density at radius 1 is 1.31 bits per heavy atom. The second-order valence-corrected chi connectivity index (χ2v) is 4.10. The van der Waals surface area contributed by atoms with Crippen LogP contribution in [0, 0.1) is 5.92 Å². The first kappa shape index (κ1) is 15.2. The molecule has 0 saturated heterocycles. The quantitative estimate of drug-likeness (QED) is 0.665. The number of carbonyl (C=O) groups excluding carboxylic acids is 1. The fourth-order valence-electron chi connectivity index (χ4n) is 1.12. The maximum atomic E-state index is 11.7. The topological polar surface area (TPSA) is 41.1 Å². The van der Waals surface area contributed by atoms with E-state index in [0.29, 0.717) is 12.5 Å². The Labute approximate surface area is 93.8 Å². The van der Waals surface area contributed by atoms with E-state index in [1.54, 1.807) is 0 Å². The summed E-state index contributed by atoms with van der Waals surface area (Å²) in [6.07, 6.45) is -2.42. The summed E-state index contributed by atoms with van der Waals surface area (Å²) < 4.78 is 35.1. The van der Waals surface area contributed by atoms with Gasteiger partial charge in [0.2, 0.25) is 5.91 Å². The minimum atomic E-state index is -4.27. The monoisotopic (exact) mass is 240 g/mol. The standard InChI is InChI=1S/C10H19F3N2O/c1-8(2)4-3-5-15-9(16)6-14-7-10(11,12)13/h8,14H,3-7H2,1-2H3,(H,15,16). The zero-order valence-electron chi connectivity index (χ0n) is 9.66. The third kappa shape index (κ3) is 11.3. The van der Waals surface area contributed by atoms with E-state index in [1.165, 1.54) is 0 Å². The summed E-state index contributed by atoms with van der Waals surface area (Å²) in [5, 5.41) is 4.59. The minimum Gasteiger partial charge on any atom is -0.355 e. The predicted octanol–water partition coefficient (Wildman–Crippen LogP) is 1.69. The maximum absolute atomic E-state index is 11.7. The molecule has 0 atom stereocenters. The Morgan fingerprint density at radius 3 is 2.44 bits per heavy atom. The Kier molecular flexibility index (Phi) is 7.12. The number of hydrogen-bond acceptors (Lipinski definition) is 2. The fraction of sp³-hybridized carbons (Fsp3) is 0.900. The molecule has 0 aromatic carbocycles. The molecule has 1 amide bonds. The molecule has 0 heterocycles. The van der Waals surface area contributed by atoms with Crippen molar-refractivity contribution in [3.8, 4) is 0 Å². The van der Waals surface area contributed by atoms with Gasteiger partial charge in [-0.05, 0) is 18.8 Å². The highest BCUT2D eigenvalue weighted by Crippen LogP contribution is 2.11. The number of hydrogen-bond donors (Lipinski definition) is 2. The van der Waals surface area contributed by atoms with Crippen LogP contribution in [0.4, 0.5) is 13.2 Å². The van der Waals surface area contributed by atoms with Crippen LogP contribution in [0.25, 0.3) is 0 Å². The van der Waals surface area contributed by atoms with Crippen molar-refractivity contribution in [1.29, 1.82) is 0 Å². The van der Waals surface area contributed by atoms with E-state index in [9.17, 15) is 18.0 Å². The molecule has 2 N–H and O–H groups in total. The van der Waals surface area contributed by atoms with E-state index >= 15 is 0 Å². The van der Waals surface area contributed by atoms with Crippen LogP contribution >= 0.6 is 0 Å². The summed E-state index contributed by atoms with van der Waals surface area (Å²) in [4.78, 5) is 11.0. The zero-order valence-corrected chi connectivity index (χ0v) is 9.66. The molecule has 0 bridgehead atoms. The van der Waals surface area contributed by atoms with E-state index in [0.717, 1.165) is 12.8 Å². The third-order valence-electron chi connectivity index (χ3n) is 1.89. The number of amides is 1. The summed E-state index contributed by atoms with van der Waals surface area (Å²) in [6, 6.07) is 0. The average molecular weight is 240 g/mol.